The molecule has 0 unspecified atom stereocenters. The second-order valence-corrected chi connectivity index (χ2v) is 6.55. The van der Waals surface area contributed by atoms with Crippen molar-refractivity contribution >= 4 is 21.6 Å². The highest BCUT2D eigenvalue weighted by molar-refractivity contribution is 7.89. The first kappa shape index (κ1) is 15.3. The standard InChI is InChI=1S/C12H18ClNO3S/c1-9(2)6-7-14-18(15,16)12-8-10(13)4-5-11(12)17-3/h4-5,8-9,14H,6-7H2,1-3H3. The summed E-state index contributed by atoms with van der Waals surface area (Å²) in [6, 6.07) is 4.52. The van der Waals surface area contributed by atoms with Gasteiger partial charge in [0.15, 0.2) is 0 Å². The van der Waals surface area contributed by atoms with E-state index in [2.05, 4.69) is 4.72 Å². The van der Waals surface area contributed by atoms with E-state index in [0.29, 0.717) is 17.5 Å². The van der Waals surface area contributed by atoms with E-state index < -0.39 is 10.0 Å². The van der Waals surface area contributed by atoms with Gasteiger partial charge < -0.3 is 4.74 Å². The molecule has 0 saturated carbocycles. The van der Waals surface area contributed by atoms with Gasteiger partial charge in [0.1, 0.15) is 10.6 Å². The zero-order valence-corrected chi connectivity index (χ0v) is 12.3. The third-order valence-corrected chi connectivity index (χ3v) is 4.15. The molecule has 0 heterocycles. The van der Waals surface area contributed by atoms with Crippen molar-refractivity contribution in [2.75, 3.05) is 13.7 Å². The number of hydrogen-bond donors (Lipinski definition) is 1. The van der Waals surface area contributed by atoms with Gasteiger partial charge in [-0.25, -0.2) is 13.1 Å². The maximum atomic E-state index is 12.1. The van der Waals surface area contributed by atoms with Crippen LogP contribution in [0.5, 0.6) is 5.75 Å². The lowest BCUT2D eigenvalue weighted by Crippen LogP contribution is -2.26. The van der Waals surface area contributed by atoms with Crippen LogP contribution in [0, 0.1) is 5.92 Å². The fraction of sp³-hybridized carbons (Fsp3) is 0.500. The normalized spacial score (nSPS) is 11.8. The number of ether oxygens (including phenoxy) is 1. The largest absolute Gasteiger partial charge is 0.495 e. The number of benzene rings is 1. The zero-order valence-electron chi connectivity index (χ0n) is 10.7. The molecule has 0 aliphatic carbocycles. The summed E-state index contributed by atoms with van der Waals surface area (Å²) in [5.41, 5.74) is 0. The van der Waals surface area contributed by atoms with Gasteiger partial charge in [0.05, 0.1) is 7.11 Å². The number of nitrogens with one attached hydrogen (secondary N) is 1. The molecule has 4 nitrogen and oxygen atoms in total. The van der Waals surface area contributed by atoms with Crippen LogP contribution in [0.15, 0.2) is 23.1 Å². The Bertz CT molecular complexity index is 500. The summed E-state index contributed by atoms with van der Waals surface area (Å²) in [6.45, 7) is 4.47. The summed E-state index contributed by atoms with van der Waals surface area (Å²) in [7, 11) is -2.15. The zero-order chi connectivity index (χ0) is 13.8. The highest BCUT2D eigenvalue weighted by atomic mass is 35.5. The van der Waals surface area contributed by atoms with Crippen LogP contribution in [-0.2, 0) is 10.0 Å². The smallest absolute Gasteiger partial charge is 0.244 e. The number of methoxy groups -OCH3 is 1. The van der Waals surface area contributed by atoms with Gasteiger partial charge in [-0.1, -0.05) is 25.4 Å². The average Bonchev–Trinajstić information content (AvgIpc) is 2.28. The van der Waals surface area contributed by atoms with Gasteiger partial charge in [0.25, 0.3) is 0 Å². The van der Waals surface area contributed by atoms with Crippen molar-refractivity contribution in [1.82, 2.24) is 4.72 Å². The molecular weight excluding hydrogens is 274 g/mol. The van der Waals surface area contributed by atoms with Gasteiger partial charge >= 0.3 is 0 Å². The Morgan fingerprint density at radius 2 is 2.06 bits per heavy atom. The second-order valence-electron chi connectivity index (χ2n) is 4.38. The van der Waals surface area contributed by atoms with Gasteiger partial charge in [0.2, 0.25) is 10.0 Å². The molecule has 0 radical (unpaired) electrons. The molecule has 0 bridgehead atoms. The van der Waals surface area contributed by atoms with Gasteiger partial charge in [-0.15, -0.1) is 0 Å². The van der Waals surface area contributed by atoms with Crippen molar-refractivity contribution in [2.45, 2.75) is 25.2 Å². The minimum absolute atomic E-state index is 0.0706. The summed E-state index contributed by atoms with van der Waals surface area (Å²) in [5, 5.41) is 0.361. The third-order valence-electron chi connectivity index (χ3n) is 2.43. The van der Waals surface area contributed by atoms with E-state index in [1.54, 1.807) is 12.1 Å². The van der Waals surface area contributed by atoms with Crippen LogP contribution < -0.4 is 9.46 Å². The first-order valence-electron chi connectivity index (χ1n) is 5.70. The molecule has 1 N–H and O–H groups in total. The fourth-order valence-corrected chi connectivity index (χ4v) is 2.90. The Labute approximate surface area is 113 Å². The molecule has 18 heavy (non-hydrogen) atoms. The molecule has 0 atom stereocenters. The van der Waals surface area contributed by atoms with Gasteiger partial charge in [-0.05, 0) is 30.5 Å². The molecule has 0 fully saturated rings. The lowest BCUT2D eigenvalue weighted by molar-refractivity contribution is 0.402. The lowest BCUT2D eigenvalue weighted by atomic mass is 10.1. The second kappa shape index (κ2) is 6.41. The van der Waals surface area contributed by atoms with Crippen LogP contribution in [0.2, 0.25) is 5.02 Å². The molecule has 6 heteroatoms. The van der Waals surface area contributed by atoms with E-state index in [-0.39, 0.29) is 10.6 Å². The molecule has 1 aromatic rings. The Morgan fingerprint density at radius 3 is 2.61 bits per heavy atom. The van der Waals surface area contributed by atoms with E-state index in [9.17, 15) is 8.42 Å². The molecule has 0 saturated heterocycles. The first-order valence-corrected chi connectivity index (χ1v) is 7.56. The minimum atomic E-state index is -3.58. The van der Waals surface area contributed by atoms with Crippen molar-refractivity contribution in [2.24, 2.45) is 5.92 Å². The molecule has 0 amide bonds. The first-order chi connectivity index (χ1) is 8.36. The van der Waals surface area contributed by atoms with Crippen molar-refractivity contribution in [3.8, 4) is 5.75 Å². The minimum Gasteiger partial charge on any atom is -0.495 e. The van der Waals surface area contributed by atoms with E-state index in [1.165, 1.54) is 13.2 Å². The maximum Gasteiger partial charge on any atom is 0.244 e. The molecular formula is C12H18ClNO3S. The van der Waals surface area contributed by atoms with Crippen LogP contribution >= 0.6 is 11.6 Å². The van der Waals surface area contributed by atoms with E-state index >= 15 is 0 Å². The van der Waals surface area contributed by atoms with Gasteiger partial charge in [0, 0.05) is 11.6 Å². The van der Waals surface area contributed by atoms with Crippen LogP contribution in [0.25, 0.3) is 0 Å². The highest BCUT2D eigenvalue weighted by Gasteiger charge is 2.19. The third kappa shape index (κ3) is 4.15. The van der Waals surface area contributed by atoms with Crippen molar-refractivity contribution < 1.29 is 13.2 Å². The fourth-order valence-electron chi connectivity index (χ4n) is 1.42. The number of rotatable bonds is 6. The number of sulfonamides is 1. The van der Waals surface area contributed by atoms with Crippen LogP contribution in [-0.4, -0.2) is 22.1 Å². The van der Waals surface area contributed by atoms with Crippen molar-refractivity contribution in [3.05, 3.63) is 23.2 Å². The van der Waals surface area contributed by atoms with Crippen molar-refractivity contribution in [3.63, 3.8) is 0 Å². The molecule has 102 valence electrons. The maximum absolute atomic E-state index is 12.1. The quantitative estimate of drug-likeness (QED) is 0.877. The molecule has 1 aromatic carbocycles. The summed E-state index contributed by atoms with van der Waals surface area (Å²) < 4.78 is 31.8. The SMILES string of the molecule is COc1ccc(Cl)cc1S(=O)(=O)NCCC(C)C. The lowest BCUT2D eigenvalue weighted by Gasteiger charge is -2.11. The topological polar surface area (TPSA) is 55.4 Å². The van der Waals surface area contributed by atoms with Gasteiger partial charge in [-0.3, -0.25) is 0 Å². The Hall–Kier alpha value is -0.780. The van der Waals surface area contributed by atoms with Crippen LogP contribution in [0.3, 0.4) is 0 Å². The van der Waals surface area contributed by atoms with E-state index in [4.69, 9.17) is 16.3 Å². The molecule has 0 aliphatic heterocycles. The predicted molar refractivity (Wildman–Crippen MR) is 72.6 cm³/mol. The monoisotopic (exact) mass is 291 g/mol. The average molecular weight is 292 g/mol. The molecule has 0 aliphatic rings. The Morgan fingerprint density at radius 1 is 1.39 bits per heavy atom. The molecule has 0 spiro atoms. The van der Waals surface area contributed by atoms with Crippen LogP contribution in [0.1, 0.15) is 20.3 Å². The summed E-state index contributed by atoms with van der Waals surface area (Å²) >= 11 is 5.82. The number of hydrogen-bond acceptors (Lipinski definition) is 3. The van der Waals surface area contributed by atoms with Gasteiger partial charge in [-0.2, -0.15) is 0 Å². The highest BCUT2D eigenvalue weighted by Crippen LogP contribution is 2.26. The predicted octanol–water partition coefficient (Wildman–Crippen LogP) is 2.67. The van der Waals surface area contributed by atoms with E-state index in [0.717, 1.165) is 6.42 Å². The Kier molecular flexibility index (Phi) is 5.44. The summed E-state index contributed by atoms with van der Waals surface area (Å²) in [4.78, 5) is 0.0706. The van der Waals surface area contributed by atoms with E-state index in [1.807, 2.05) is 13.8 Å². The Balaban J connectivity index is 2.93. The van der Waals surface area contributed by atoms with Crippen molar-refractivity contribution in [1.29, 1.82) is 0 Å². The molecule has 1 rings (SSSR count). The number of halogens is 1. The summed E-state index contributed by atoms with van der Waals surface area (Å²) in [5.74, 6) is 0.727. The summed E-state index contributed by atoms with van der Waals surface area (Å²) in [6.07, 6.45) is 0.780. The molecule has 0 aromatic heterocycles. The van der Waals surface area contributed by atoms with Crippen LogP contribution in [0.4, 0.5) is 0 Å².